The zero-order chi connectivity index (χ0) is 8.27. The van der Waals surface area contributed by atoms with Gasteiger partial charge in [0.05, 0.1) is 6.61 Å². The van der Waals surface area contributed by atoms with Gasteiger partial charge >= 0.3 is 0 Å². The summed E-state index contributed by atoms with van der Waals surface area (Å²) in [6.45, 7) is 1.54. The van der Waals surface area contributed by atoms with Gasteiger partial charge < -0.3 is 15.8 Å². The van der Waals surface area contributed by atoms with Crippen LogP contribution in [0.3, 0.4) is 0 Å². The molecule has 0 spiro atoms. The first-order valence-electron chi connectivity index (χ1n) is 3.85. The summed E-state index contributed by atoms with van der Waals surface area (Å²) in [5.74, 6) is -0.0741. The maximum atomic E-state index is 13.0. The van der Waals surface area contributed by atoms with Gasteiger partial charge in [-0.25, -0.2) is 4.39 Å². The predicted molar refractivity (Wildman–Crippen MR) is 41.1 cm³/mol. The van der Waals surface area contributed by atoms with E-state index < -0.39 is 6.17 Å². The van der Waals surface area contributed by atoms with Crippen LogP contribution in [0.4, 0.5) is 4.39 Å². The molecule has 1 heterocycles. The van der Waals surface area contributed by atoms with Crippen LogP contribution >= 0.6 is 0 Å². The molecular formula is C7H15FN2O. The summed E-state index contributed by atoms with van der Waals surface area (Å²) in [4.78, 5) is 0. The van der Waals surface area contributed by atoms with Crippen molar-refractivity contribution in [3.8, 4) is 0 Å². The summed E-state index contributed by atoms with van der Waals surface area (Å²) < 4.78 is 17.8. The van der Waals surface area contributed by atoms with Gasteiger partial charge in [0.2, 0.25) is 0 Å². The second-order valence-electron chi connectivity index (χ2n) is 2.96. The smallest absolute Gasteiger partial charge is 0.118 e. The van der Waals surface area contributed by atoms with E-state index >= 15 is 0 Å². The van der Waals surface area contributed by atoms with E-state index in [-0.39, 0.29) is 12.0 Å². The lowest BCUT2D eigenvalue weighted by Gasteiger charge is -2.18. The van der Waals surface area contributed by atoms with Crippen LogP contribution in [-0.4, -0.2) is 39.0 Å². The minimum Gasteiger partial charge on any atom is -0.383 e. The molecule has 0 aromatic rings. The van der Waals surface area contributed by atoms with Crippen LogP contribution in [-0.2, 0) is 4.74 Å². The number of nitrogens with one attached hydrogen (secondary N) is 1. The van der Waals surface area contributed by atoms with Gasteiger partial charge in [0.25, 0.3) is 0 Å². The van der Waals surface area contributed by atoms with E-state index in [4.69, 9.17) is 10.5 Å². The lowest BCUT2D eigenvalue weighted by molar-refractivity contribution is 0.138. The maximum absolute atomic E-state index is 13.0. The lowest BCUT2D eigenvalue weighted by Crippen LogP contribution is -2.39. The van der Waals surface area contributed by atoms with Gasteiger partial charge in [0.1, 0.15) is 6.17 Å². The van der Waals surface area contributed by atoms with Crippen molar-refractivity contribution >= 4 is 0 Å². The quantitative estimate of drug-likeness (QED) is 0.589. The number of alkyl halides is 1. The molecule has 0 aromatic carbocycles. The Morgan fingerprint density at radius 1 is 1.73 bits per heavy atom. The fraction of sp³-hybridized carbons (Fsp3) is 1.00. The molecule has 4 heteroatoms. The highest BCUT2D eigenvalue weighted by Gasteiger charge is 2.31. The number of hydrogen-bond acceptors (Lipinski definition) is 3. The Kier molecular flexibility index (Phi) is 3.23. The number of ether oxygens (including phenoxy) is 1. The normalized spacial score (nSPS) is 34.1. The minimum absolute atomic E-state index is 0.0741. The van der Waals surface area contributed by atoms with E-state index in [1.165, 1.54) is 0 Å². The van der Waals surface area contributed by atoms with E-state index in [0.29, 0.717) is 19.7 Å². The SMILES string of the molecule is COC[C@H](N)[C@H]1CNC[C@H]1F. The summed E-state index contributed by atoms with van der Waals surface area (Å²) in [5.41, 5.74) is 5.67. The average Bonchev–Trinajstić information content (AvgIpc) is 2.36. The second-order valence-corrected chi connectivity index (χ2v) is 2.96. The van der Waals surface area contributed by atoms with Crippen molar-refractivity contribution in [3.63, 3.8) is 0 Å². The topological polar surface area (TPSA) is 47.3 Å². The second kappa shape index (κ2) is 3.99. The predicted octanol–water partition coefficient (Wildman–Crippen LogP) is -0.482. The summed E-state index contributed by atoms with van der Waals surface area (Å²) in [7, 11) is 1.58. The highest BCUT2D eigenvalue weighted by Crippen LogP contribution is 2.15. The Labute approximate surface area is 66.1 Å². The molecular weight excluding hydrogens is 147 g/mol. The van der Waals surface area contributed by atoms with Crippen molar-refractivity contribution < 1.29 is 9.13 Å². The Hall–Kier alpha value is -0.190. The van der Waals surface area contributed by atoms with Crippen molar-refractivity contribution in [2.75, 3.05) is 26.8 Å². The number of hydrogen-bond donors (Lipinski definition) is 2. The molecule has 3 N–H and O–H groups in total. The van der Waals surface area contributed by atoms with E-state index in [1.807, 2.05) is 0 Å². The average molecular weight is 162 g/mol. The van der Waals surface area contributed by atoms with E-state index in [9.17, 15) is 4.39 Å². The van der Waals surface area contributed by atoms with Crippen LogP contribution in [0, 0.1) is 5.92 Å². The molecule has 0 saturated carbocycles. The molecule has 11 heavy (non-hydrogen) atoms. The van der Waals surface area contributed by atoms with Crippen LogP contribution in [0.15, 0.2) is 0 Å². The van der Waals surface area contributed by atoms with Gasteiger partial charge in [0.15, 0.2) is 0 Å². The molecule has 0 unspecified atom stereocenters. The fourth-order valence-corrected chi connectivity index (χ4v) is 1.40. The van der Waals surface area contributed by atoms with E-state index in [0.717, 1.165) is 0 Å². The summed E-state index contributed by atoms with van der Waals surface area (Å²) in [6.07, 6.45) is -0.805. The Morgan fingerprint density at radius 2 is 2.45 bits per heavy atom. The fourth-order valence-electron chi connectivity index (χ4n) is 1.40. The van der Waals surface area contributed by atoms with Crippen molar-refractivity contribution in [1.82, 2.24) is 5.32 Å². The molecule has 0 aromatic heterocycles. The first-order chi connectivity index (χ1) is 5.25. The number of nitrogens with two attached hydrogens (primary N) is 1. The molecule has 1 fully saturated rings. The van der Waals surface area contributed by atoms with Crippen molar-refractivity contribution in [3.05, 3.63) is 0 Å². The number of rotatable bonds is 3. The van der Waals surface area contributed by atoms with Gasteiger partial charge in [-0.1, -0.05) is 0 Å². The molecule has 0 amide bonds. The third-order valence-corrected chi connectivity index (χ3v) is 2.09. The minimum atomic E-state index is -0.805. The standard InChI is InChI=1S/C7H15FN2O/c1-11-4-7(9)5-2-10-3-6(5)8/h5-7,10H,2-4,9H2,1H3/t5-,6+,7-/m0/s1. The molecule has 0 radical (unpaired) electrons. The van der Waals surface area contributed by atoms with Crippen LogP contribution in [0.25, 0.3) is 0 Å². The van der Waals surface area contributed by atoms with Crippen LogP contribution in [0.1, 0.15) is 0 Å². The summed E-state index contributed by atoms with van der Waals surface area (Å²) in [5, 5.41) is 2.95. The van der Waals surface area contributed by atoms with Gasteiger partial charge in [-0.15, -0.1) is 0 Å². The van der Waals surface area contributed by atoms with Crippen LogP contribution in [0.2, 0.25) is 0 Å². The van der Waals surface area contributed by atoms with Gasteiger partial charge in [0, 0.05) is 32.2 Å². The molecule has 1 rings (SSSR count). The molecule has 3 nitrogen and oxygen atoms in total. The molecule has 0 aliphatic carbocycles. The highest BCUT2D eigenvalue weighted by atomic mass is 19.1. The van der Waals surface area contributed by atoms with Crippen molar-refractivity contribution in [2.24, 2.45) is 11.7 Å². The molecule has 66 valence electrons. The van der Waals surface area contributed by atoms with Gasteiger partial charge in [-0.05, 0) is 0 Å². The van der Waals surface area contributed by atoms with Gasteiger partial charge in [-0.2, -0.15) is 0 Å². The lowest BCUT2D eigenvalue weighted by atomic mass is 9.99. The van der Waals surface area contributed by atoms with Crippen molar-refractivity contribution in [1.29, 1.82) is 0 Å². The first kappa shape index (κ1) is 8.90. The summed E-state index contributed by atoms with van der Waals surface area (Å²) >= 11 is 0. The summed E-state index contributed by atoms with van der Waals surface area (Å²) in [6, 6.07) is -0.176. The van der Waals surface area contributed by atoms with Crippen molar-refractivity contribution in [2.45, 2.75) is 12.2 Å². The van der Waals surface area contributed by atoms with Crippen LogP contribution in [0.5, 0.6) is 0 Å². The zero-order valence-electron chi connectivity index (χ0n) is 6.72. The Balaban J connectivity index is 2.33. The van der Waals surface area contributed by atoms with E-state index in [1.54, 1.807) is 7.11 Å². The maximum Gasteiger partial charge on any atom is 0.118 e. The molecule has 3 atom stereocenters. The monoisotopic (exact) mass is 162 g/mol. The Morgan fingerprint density at radius 3 is 2.91 bits per heavy atom. The molecule has 1 saturated heterocycles. The molecule has 1 aliphatic heterocycles. The van der Waals surface area contributed by atoms with E-state index in [2.05, 4.69) is 5.32 Å². The van der Waals surface area contributed by atoms with Crippen LogP contribution < -0.4 is 11.1 Å². The number of halogens is 1. The number of methoxy groups -OCH3 is 1. The zero-order valence-corrected chi connectivity index (χ0v) is 6.72. The highest BCUT2D eigenvalue weighted by molar-refractivity contribution is 4.87. The first-order valence-corrected chi connectivity index (χ1v) is 3.85. The molecule has 1 aliphatic rings. The Bertz CT molecular complexity index is 123. The third kappa shape index (κ3) is 2.12. The van der Waals surface area contributed by atoms with Gasteiger partial charge in [-0.3, -0.25) is 0 Å². The molecule has 0 bridgehead atoms. The third-order valence-electron chi connectivity index (χ3n) is 2.09. The largest absolute Gasteiger partial charge is 0.383 e.